The van der Waals surface area contributed by atoms with Crippen molar-refractivity contribution in [2.45, 2.75) is 59.8 Å². The lowest BCUT2D eigenvalue weighted by atomic mass is 9.73. The van der Waals surface area contributed by atoms with Crippen molar-refractivity contribution in [2.24, 2.45) is 11.1 Å². The van der Waals surface area contributed by atoms with E-state index in [1.54, 1.807) is 0 Å². The third-order valence-corrected chi connectivity index (χ3v) is 6.94. The van der Waals surface area contributed by atoms with Gasteiger partial charge in [-0.25, -0.2) is 15.0 Å². The number of oxazole rings is 1. The van der Waals surface area contributed by atoms with Crippen LogP contribution < -0.4 is 10.6 Å². The molecule has 172 valence electrons. The lowest BCUT2D eigenvalue weighted by molar-refractivity contribution is 0.0973. The number of piperidine rings is 1. The Kier molecular flexibility index (Phi) is 5.96. The van der Waals surface area contributed by atoms with E-state index in [2.05, 4.69) is 16.8 Å². The Balaban J connectivity index is 0.00000245. The zero-order valence-corrected chi connectivity index (χ0v) is 18.3. The maximum atomic E-state index is 10.1. The Bertz CT molecular complexity index is 1120. The van der Waals surface area contributed by atoms with E-state index in [9.17, 15) is 5.11 Å². The van der Waals surface area contributed by atoms with Crippen molar-refractivity contribution in [3.05, 3.63) is 35.5 Å². The molecule has 1 aromatic carbocycles. The Labute approximate surface area is 188 Å². The van der Waals surface area contributed by atoms with Gasteiger partial charge in [0.25, 0.3) is 0 Å². The van der Waals surface area contributed by atoms with Crippen molar-refractivity contribution < 1.29 is 14.3 Å². The van der Waals surface area contributed by atoms with Gasteiger partial charge in [0.2, 0.25) is 0 Å². The van der Waals surface area contributed by atoms with Crippen molar-refractivity contribution >= 4 is 16.9 Å². The van der Waals surface area contributed by atoms with Crippen LogP contribution in [0.5, 0.6) is 0 Å². The van der Waals surface area contributed by atoms with E-state index in [4.69, 9.17) is 24.9 Å². The Morgan fingerprint density at radius 3 is 2.59 bits per heavy atom. The number of nitrogens with two attached hydrogens (primary N) is 1. The Morgan fingerprint density at radius 2 is 1.94 bits per heavy atom. The lowest BCUT2D eigenvalue weighted by Gasteiger charge is -2.42. The summed E-state index contributed by atoms with van der Waals surface area (Å²) in [6.07, 6.45) is 2.01. The van der Waals surface area contributed by atoms with Crippen LogP contribution in [0.15, 0.2) is 22.6 Å². The van der Waals surface area contributed by atoms with Crippen molar-refractivity contribution in [2.75, 3.05) is 24.6 Å². The molecule has 0 unspecified atom stereocenters. The van der Waals surface area contributed by atoms with E-state index in [-0.39, 0.29) is 31.6 Å². The normalized spacial score (nSPS) is 22.5. The van der Waals surface area contributed by atoms with Gasteiger partial charge in [0.1, 0.15) is 11.2 Å². The number of ether oxygens (including phenoxy) is 1. The Morgan fingerprint density at radius 1 is 1.19 bits per heavy atom. The van der Waals surface area contributed by atoms with Crippen molar-refractivity contribution in [1.82, 2.24) is 15.0 Å². The van der Waals surface area contributed by atoms with Crippen LogP contribution in [0.3, 0.4) is 0 Å². The van der Waals surface area contributed by atoms with Crippen LogP contribution in [0.1, 0.15) is 44.5 Å². The second-order valence-electron chi connectivity index (χ2n) is 8.89. The fourth-order valence-electron chi connectivity index (χ4n) is 5.00. The smallest absolute Gasteiger partial charge is 0.192 e. The van der Waals surface area contributed by atoms with Crippen LogP contribution in [0.4, 0.5) is 5.82 Å². The average molecular weight is 440 g/mol. The predicted octanol–water partition coefficient (Wildman–Crippen LogP) is 3.36. The quantitative estimate of drug-likeness (QED) is 0.639. The number of fused-ring (bicyclic) bond motifs is 1. The van der Waals surface area contributed by atoms with Crippen molar-refractivity contribution in [1.29, 1.82) is 0 Å². The van der Waals surface area contributed by atoms with Crippen LogP contribution in [-0.2, 0) is 11.3 Å². The molecule has 0 radical (unpaired) electrons. The molecular weight excluding hydrogens is 406 g/mol. The highest BCUT2D eigenvalue weighted by Crippen LogP contribution is 2.42. The molecule has 32 heavy (non-hydrogen) atoms. The summed E-state index contributed by atoms with van der Waals surface area (Å²) >= 11 is 0. The average Bonchev–Trinajstić information content (AvgIpc) is 3.28. The molecule has 8 nitrogen and oxygen atoms in total. The number of anilines is 1. The third kappa shape index (κ3) is 3.66. The van der Waals surface area contributed by atoms with E-state index < -0.39 is 0 Å². The minimum atomic E-state index is -0.164. The van der Waals surface area contributed by atoms with Crippen LogP contribution in [0, 0.1) is 19.3 Å². The van der Waals surface area contributed by atoms with Crippen LogP contribution in [0.2, 0.25) is 0 Å². The largest absolute Gasteiger partial charge is 0.441 e. The number of aliphatic hydroxyl groups excluding tert-OH is 1. The molecule has 4 heterocycles. The summed E-state index contributed by atoms with van der Waals surface area (Å²) in [5.41, 5.74) is 11.1. The molecule has 0 amide bonds. The number of hydrogen-bond acceptors (Lipinski definition) is 8. The number of aryl methyl sites for hydroxylation is 2. The fraction of sp³-hybridized carbons (Fsp3) is 0.542. The van der Waals surface area contributed by atoms with Gasteiger partial charge in [-0.2, -0.15) is 0 Å². The van der Waals surface area contributed by atoms with E-state index >= 15 is 0 Å². The first-order valence-electron chi connectivity index (χ1n) is 10.9. The SMILES string of the molecule is C.Cc1nc2cc(-c3nc(CO)c(N4CCC5(CC4)CO[C@@H](C)[C@H]5N)nc3C)ccc2o1. The standard InChI is InChI=1S/C23H29N5O3.CH4/c1-13-20(16-4-5-19-17(10-16)26-15(3)31-19)27-18(11-29)22(25-13)28-8-6-23(7-9-28)12-30-14(2)21(23)24;/h4-5,10,14,21,29H,6-9,11-12,24H2,1-3H3;1H4/t14-,21+;/m0./s1. The van der Waals surface area contributed by atoms with Gasteiger partial charge in [-0.05, 0) is 44.9 Å². The predicted molar refractivity (Wildman–Crippen MR) is 124 cm³/mol. The third-order valence-electron chi connectivity index (χ3n) is 6.94. The molecule has 1 spiro atoms. The molecule has 2 aliphatic rings. The molecule has 2 aromatic heterocycles. The van der Waals surface area contributed by atoms with Gasteiger partial charge in [-0.15, -0.1) is 0 Å². The number of benzene rings is 1. The second kappa shape index (κ2) is 8.42. The fourth-order valence-corrected chi connectivity index (χ4v) is 5.00. The summed E-state index contributed by atoms with van der Waals surface area (Å²) < 4.78 is 11.4. The minimum absolute atomic E-state index is 0. The van der Waals surface area contributed by atoms with Gasteiger partial charge in [-0.1, -0.05) is 7.43 Å². The molecular formula is C24H33N5O3. The lowest BCUT2D eigenvalue weighted by Crippen LogP contribution is -2.51. The van der Waals surface area contributed by atoms with Crippen LogP contribution >= 0.6 is 0 Å². The molecule has 2 aliphatic heterocycles. The van der Waals surface area contributed by atoms with Gasteiger partial charge < -0.3 is 24.9 Å². The van der Waals surface area contributed by atoms with Gasteiger partial charge in [0.15, 0.2) is 17.3 Å². The van der Waals surface area contributed by atoms with E-state index in [0.717, 1.165) is 66.4 Å². The summed E-state index contributed by atoms with van der Waals surface area (Å²) in [6, 6.07) is 5.88. The number of nitrogens with zero attached hydrogens (tertiary/aromatic N) is 4. The molecule has 3 N–H and O–H groups in total. The minimum Gasteiger partial charge on any atom is -0.441 e. The molecule has 5 rings (SSSR count). The van der Waals surface area contributed by atoms with E-state index in [1.165, 1.54) is 0 Å². The Hall–Kier alpha value is -2.55. The summed E-state index contributed by atoms with van der Waals surface area (Å²) in [5, 5.41) is 10.1. The van der Waals surface area contributed by atoms with Crippen LogP contribution in [-0.4, -0.2) is 51.9 Å². The number of hydrogen-bond donors (Lipinski definition) is 2. The maximum Gasteiger partial charge on any atom is 0.192 e. The zero-order valence-electron chi connectivity index (χ0n) is 18.3. The van der Waals surface area contributed by atoms with Gasteiger partial charge in [-0.3, -0.25) is 0 Å². The first kappa shape index (κ1) is 22.6. The highest BCUT2D eigenvalue weighted by atomic mass is 16.5. The molecule has 2 atom stereocenters. The van der Waals surface area contributed by atoms with E-state index in [1.807, 2.05) is 32.0 Å². The van der Waals surface area contributed by atoms with Gasteiger partial charge >= 0.3 is 0 Å². The van der Waals surface area contributed by atoms with Gasteiger partial charge in [0, 0.05) is 37.0 Å². The van der Waals surface area contributed by atoms with Gasteiger partial charge in [0.05, 0.1) is 30.7 Å². The summed E-state index contributed by atoms with van der Waals surface area (Å²) in [6.45, 7) is 8.06. The number of aromatic nitrogens is 3. The molecule has 0 saturated carbocycles. The van der Waals surface area contributed by atoms with Crippen LogP contribution in [0.25, 0.3) is 22.4 Å². The monoisotopic (exact) mass is 439 g/mol. The molecule has 0 aliphatic carbocycles. The summed E-state index contributed by atoms with van der Waals surface area (Å²) in [5.74, 6) is 1.39. The molecule has 0 bridgehead atoms. The topological polar surface area (TPSA) is 111 Å². The molecule has 3 aromatic rings. The molecule has 2 fully saturated rings. The maximum absolute atomic E-state index is 10.1. The molecule has 2 saturated heterocycles. The first-order valence-corrected chi connectivity index (χ1v) is 10.9. The number of aliphatic hydroxyl groups is 1. The summed E-state index contributed by atoms with van der Waals surface area (Å²) in [7, 11) is 0. The van der Waals surface area contributed by atoms with E-state index in [0.29, 0.717) is 11.6 Å². The van der Waals surface area contributed by atoms with Crippen molar-refractivity contribution in [3.63, 3.8) is 0 Å². The number of rotatable bonds is 3. The highest BCUT2D eigenvalue weighted by molar-refractivity contribution is 5.80. The summed E-state index contributed by atoms with van der Waals surface area (Å²) in [4.78, 5) is 16.3. The second-order valence-corrected chi connectivity index (χ2v) is 8.89. The first-order chi connectivity index (χ1) is 14.9. The molecule has 8 heteroatoms. The zero-order chi connectivity index (χ0) is 21.8. The highest BCUT2D eigenvalue weighted by Gasteiger charge is 2.47. The van der Waals surface area contributed by atoms with Crippen molar-refractivity contribution in [3.8, 4) is 11.3 Å².